The van der Waals surface area contributed by atoms with Crippen molar-refractivity contribution in [2.45, 2.75) is 25.8 Å². The first-order valence-corrected chi connectivity index (χ1v) is 7.03. The molecule has 0 heterocycles. The van der Waals surface area contributed by atoms with Gasteiger partial charge in [0.25, 0.3) is 11.6 Å². The molecule has 1 N–H and O–H groups in total. The number of alkyl halides is 1. The lowest BCUT2D eigenvalue weighted by Gasteiger charge is -2.15. The summed E-state index contributed by atoms with van der Waals surface area (Å²) in [5.74, 6) is -3.45. The van der Waals surface area contributed by atoms with Crippen LogP contribution in [-0.2, 0) is 0 Å². The van der Waals surface area contributed by atoms with Crippen LogP contribution in [0.25, 0.3) is 0 Å². The van der Waals surface area contributed by atoms with E-state index < -0.39 is 33.7 Å². The molecule has 1 aromatic carbocycles. The van der Waals surface area contributed by atoms with Gasteiger partial charge in [-0.25, -0.2) is 8.78 Å². The lowest BCUT2D eigenvalue weighted by atomic mass is 10.1. The van der Waals surface area contributed by atoms with E-state index in [4.69, 9.17) is 0 Å². The lowest BCUT2D eigenvalue weighted by molar-refractivity contribution is -0.385. The highest BCUT2D eigenvalue weighted by Gasteiger charge is 2.25. The van der Waals surface area contributed by atoms with Crippen LogP contribution >= 0.6 is 15.9 Å². The number of nitrogens with one attached hydrogen (secondary N) is 1. The minimum Gasteiger partial charge on any atom is -0.349 e. The van der Waals surface area contributed by atoms with Gasteiger partial charge in [-0.3, -0.25) is 14.9 Å². The fraction of sp³-hybridized carbons (Fsp3) is 0.417. The molecule has 5 nitrogen and oxygen atoms in total. The van der Waals surface area contributed by atoms with Gasteiger partial charge in [0.05, 0.1) is 11.0 Å². The molecule has 0 aliphatic heterocycles. The standard InChI is InChI=1S/C12H13BrF2N2O3/c1-2-7(3-4-13)16-12(18)8-5-9(14)10(15)6-11(8)17(19)20/h5-7H,2-4H2,1H3,(H,16,18). The number of nitro groups is 1. The Kier molecular flexibility index (Phi) is 6.00. The molecule has 1 aromatic rings. The van der Waals surface area contributed by atoms with E-state index in [0.717, 1.165) is 0 Å². The highest BCUT2D eigenvalue weighted by atomic mass is 79.9. The summed E-state index contributed by atoms with van der Waals surface area (Å²) in [6.45, 7) is 1.84. The van der Waals surface area contributed by atoms with Crippen LogP contribution in [0.2, 0.25) is 0 Å². The second kappa shape index (κ2) is 7.28. The number of hydrogen-bond acceptors (Lipinski definition) is 3. The zero-order valence-corrected chi connectivity index (χ0v) is 12.2. The average molecular weight is 351 g/mol. The molecule has 0 saturated carbocycles. The normalized spacial score (nSPS) is 12.0. The number of benzene rings is 1. The molecule has 1 amide bonds. The van der Waals surface area contributed by atoms with Crippen molar-refractivity contribution in [3.05, 3.63) is 39.4 Å². The molecular weight excluding hydrogens is 338 g/mol. The maximum Gasteiger partial charge on any atom is 0.285 e. The summed E-state index contributed by atoms with van der Waals surface area (Å²) in [6, 6.07) is 0.758. The Bertz CT molecular complexity index is 526. The number of nitro benzene ring substituents is 1. The molecule has 1 rings (SSSR count). The van der Waals surface area contributed by atoms with Crippen molar-refractivity contribution >= 4 is 27.5 Å². The maximum atomic E-state index is 13.2. The monoisotopic (exact) mass is 350 g/mol. The van der Waals surface area contributed by atoms with Gasteiger partial charge < -0.3 is 5.32 Å². The van der Waals surface area contributed by atoms with E-state index in [1.807, 2.05) is 6.92 Å². The van der Waals surface area contributed by atoms with Crippen LogP contribution in [0, 0.1) is 21.7 Å². The van der Waals surface area contributed by atoms with Crippen molar-refractivity contribution in [1.29, 1.82) is 0 Å². The summed E-state index contributed by atoms with van der Waals surface area (Å²) in [5, 5.41) is 14.0. The first-order chi connectivity index (χ1) is 9.40. The van der Waals surface area contributed by atoms with Crippen molar-refractivity contribution in [2.75, 3.05) is 5.33 Å². The van der Waals surface area contributed by atoms with Gasteiger partial charge >= 0.3 is 0 Å². The molecule has 0 bridgehead atoms. The Balaban J connectivity index is 3.08. The predicted molar refractivity (Wildman–Crippen MR) is 73.0 cm³/mol. The van der Waals surface area contributed by atoms with Crippen LogP contribution in [0.15, 0.2) is 12.1 Å². The second-order valence-corrected chi connectivity index (χ2v) is 4.89. The van der Waals surface area contributed by atoms with E-state index in [1.54, 1.807) is 0 Å². The average Bonchev–Trinajstić information content (AvgIpc) is 2.40. The Morgan fingerprint density at radius 2 is 2.05 bits per heavy atom. The molecule has 0 fully saturated rings. The van der Waals surface area contributed by atoms with Crippen molar-refractivity contribution in [2.24, 2.45) is 0 Å². The van der Waals surface area contributed by atoms with Gasteiger partial charge in [0.1, 0.15) is 5.56 Å². The number of halogens is 3. The summed E-state index contributed by atoms with van der Waals surface area (Å²) >= 11 is 3.23. The third-order valence-electron chi connectivity index (χ3n) is 2.77. The van der Waals surface area contributed by atoms with Gasteiger partial charge in [-0.1, -0.05) is 22.9 Å². The summed E-state index contributed by atoms with van der Waals surface area (Å²) < 4.78 is 26.2. The van der Waals surface area contributed by atoms with Gasteiger partial charge in [0.2, 0.25) is 0 Å². The third kappa shape index (κ3) is 3.96. The second-order valence-electron chi connectivity index (χ2n) is 4.10. The molecule has 0 aromatic heterocycles. The highest BCUT2D eigenvalue weighted by molar-refractivity contribution is 9.09. The van der Waals surface area contributed by atoms with Crippen molar-refractivity contribution in [3.8, 4) is 0 Å². The van der Waals surface area contributed by atoms with E-state index in [2.05, 4.69) is 21.2 Å². The van der Waals surface area contributed by atoms with E-state index in [1.165, 1.54) is 0 Å². The zero-order chi connectivity index (χ0) is 15.3. The van der Waals surface area contributed by atoms with Crippen LogP contribution in [0.3, 0.4) is 0 Å². The largest absolute Gasteiger partial charge is 0.349 e. The van der Waals surface area contributed by atoms with Crippen LogP contribution in [0.1, 0.15) is 30.1 Å². The SMILES string of the molecule is CCC(CCBr)NC(=O)c1cc(F)c(F)cc1[N+](=O)[O-]. The van der Waals surface area contributed by atoms with E-state index in [0.29, 0.717) is 30.3 Å². The fourth-order valence-electron chi connectivity index (χ4n) is 1.64. The Hall–Kier alpha value is -1.57. The third-order valence-corrected chi connectivity index (χ3v) is 3.22. The van der Waals surface area contributed by atoms with Gasteiger partial charge in [-0.05, 0) is 18.9 Å². The number of carbonyl (C=O) groups excluding carboxylic acids is 1. The van der Waals surface area contributed by atoms with Crippen LogP contribution in [0.4, 0.5) is 14.5 Å². The van der Waals surface area contributed by atoms with Gasteiger partial charge in [-0.2, -0.15) is 0 Å². The number of rotatable bonds is 6. The summed E-state index contributed by atoms with van der Waals surface area (Å²) in [4.78, 5) is 21.8. The first-order valence-electron chi connectivity index (χ1n) is 5.91. The molecular formula is C12H13BrF2N2O3. The van der Waals surface area contributed by atoms with Crippen molar-refractivity contribution in [3.63, 3.8) is 0 Å². The molecule has 0 aliphatic rings. The predicted octanol–water partition coefficient (Wildman–Crippen LogP) is 3.17. The fourth-order valence-corrected chi connectivity index (χ4v) is 2.20. The topological polar surface area (TPSA) is 72.2 Å². The summed E-state index contributed by atoms with van der Waals surface area (Å²) in [7, 11) is 0. The molecule has 110 valence electrons. The van der Waals surface area contributed by atoms with Crippen molar-refractivity contribution in [1.82, 2.24) is 5.32 Å². The number of carbonyl (C=O) groups is 1. The van der Waals surface area contributed by atoms with Crippen LogP contribution < -0.4 is 5.32 Å². The smallest absolute Gasteiger partial charge is 0.285 e. The minimum atomic E-state index is -1.36. The molecule has 0 aliphatic carbocycles. The Morgan fingerprint density at radius 1 is 1.45 bits per heavy atom. The molecule has 20 heavy (non-hydrogen) atoms. The highest BCUT2D eigenvalue weighted by Crippen LogP contribution is 2.22. The van der Waals surface area contributed by atoms with Crippen molar-refractivity contribution < 1.29 is 18.5 Å². The molecule has 0 spiro atoms. The van der Waals surface area contributed by atoms with Crippen LogP contribution in [-0.4, -0.2) is 22.2 Å². The van der Waals surface area contributed by atoms with E-state index >= 15 is 0 Å². The minimum absolute atomic E-state index is 0.199. The molecule has 0 saturated heterocycles. The van der Waals surface area contributed by atoms with Crippen LogP contribution in [0.5, 0.6) is 0 Å². The van der Waals surface area contributed by atoms with E-state index in [9.17, 15) is 23.7 Å². The van der Waals surface area contributed by atoms with Gasteiger partial charge in [-0.15, -0.1) is 0 Å². The summed E-state index contributed by atoms with van der Waals surface area (Å²) in [6.07, 6.45) is 1.24. The lowest BCUT2D eigenvalue weighted by Crippen LogP contribution is -2.35. The Morgan fingerprint density at radius 3 is 2.55 bits per heavy atom. The first kappa shape index (κ1) is 16.5. The molecule has 8 heteroatoms. The van der Waals surface area contributed by atoms with Gasteiger partial charge in [0.15, 0.2) is 11.6 Å². The number of nitrogens with zero attached hydrogens (tertiary/aromatic N) is 1. The molecule has 1 unspecified atom stereocenters. The zero-order valence-electron chi connectivity index (χ0n) is 10.7. The summed E-state index contributed by atoms with van der Waals surface area (Å²) in [5.41, 5.74) is -1.24. The number of hydrogen-bond donors (Lipinski definition) is 1. The molecule has 1 atom stereocenters. The maximum absolute atomic E-state index is 13.2. The Labute approximate surface area is 122 Å². The molecule has 0 radical (unpaired) electrons. The van der Waals surface area contributed by atoms with E-state index in [-0.39, 0.29) is 6.04 Å². The quantitative estimate of drug-likeness (QED) is 0.486. The van der Waals surface area contributed by atoms with Gasteiger partial charge in [0, 0.05) is 11.4 Å². The number of amides is 1.